The number of aliphatic hydroxyl groups excluding tert-OH is 1. The zero-order chi connectivity index (χ0) is 19.3. The second-order valence-electron chi connectivity index (χ2n) is 6.58. The van der Waals surface area contributed by atoms with Crippen LogP contribution in [0, 0.1) is 12.8 Å². The highest BCUT2D eigenvalue weighted by molar-refractivity contribution is 5.90. The number of hydrogen-bond acceptors (Lipinski definition) is 7. The quantitative estimate of drug-likeness (QED) is 0.658. The minimum Gasteiger partial charge on any atom is -0.490 e. The summed E-state index contributed by atoms with van der Waals surface area (Å²) in [5.41, 5.74) is 0.581. The van der Waals surface area contributed by atoms with Crippen molar-refractivity contribution in [1.29, 1.82) is 0 Å². The van der Waals surface area contributed by atoms with Crippen molar-refractivity contribution >= 4 is 11.0 Å². The highest BCUT2D eigenvalue weighted by atomic mass is 16.5. The van der Waals surface area contributed by atoms with Gasteiger partial charge in [0.15, 0.2) is 11.3 Å². The molecule has 0 aliphatic carbocycles. The molecule has 2 rings (SSSR count). The second-order valence-corrected chi connectivity index (χ2v) is 6.58. The molecule has 2 N–H and O–H groups in total. The summed E-state index contributed by atoms with van der Waals surface area (Å²) in [5, 5.41) is 14.0. The molecule has 0 bridgehead atoms. The van der Waals surface area contributed by atoms with Crippen LogP contribution in [0.25, 0.3) is 11.0 Å². The van der Waals surface area contributed by atoms with E-state index >= 15 is 0 Å². The number of ether oxygens (including phenoxy) is 3. The summed E-state index contributed by atoms with van der Waals surface area (Å²) < 4.78 is 21.8. The van der Waals surface area contributed by atoms with Crippen molar-refractivity contribution in [2.45, 2.75) is 26.9 Å². The number of aryl methyl sites for hydroxylation is 1. The Morgan fingerprint density at radius 2 is 1.85 bits per heavy atom. The summed E-state index contributed by atoms with van der Waals surface area (Å²) in [7, 11) is 2.94. The Bertz CT molecular complexity index is 799. The molecule has 1 heterocycles. The zero-order valence-electron chi connectivity index (χ0n) is 15.9. The van der Waals surface area contributed by atoms with Crippen molar-refractivity contribution < 1.29 is 23.7 Å². The monoisotopic (exact) mass is 365 g/mol. The Labute approximate surface area is 152 Å². The summed E-state index contributed by atoms with van der Waals surface area (Å²) in [4.78, 5) is 11.7. The van der Waals surface area contributed by atoms with E-state index in [0.717, 1.165) is 12.1 Å². The lowest BCUT2D eigenvalue weighted by atomic mass is 10.1. The minimum atomic E-state index is -0.671. The third-order valence-corrected chi connectivity index (χ3v) is 3.89. The third kappa shape index (κ3) is 4.68. The molecule has 2 aromatic rings. The Morgan fingerprint density at radius 1 is 1.15 bits per heavy atom. The van der Waals surface area contributed by atoms with Crippen molar-refractivity contribution in [2.24, 2.45) is 5.92 Å². The number of methoxy groups -OCH3 is 2. The predicted molar refractivity (Wildman–Crippen MR) is 99.5 cm³/mol. The van der Waals surface area contributed by atoms with Gasteiger partial charge < -0.3 is 29.1 Å². The lowest BCUT2D eigenvalue weighted by Crippen LogP contribution is -2.33. The molecule has 1 unspecified atom stereocenters. The van der Waals surface area contributed by atoms with Crippen LogP contribution in [0.2, 0.25) is 0 Å². The first-order chi connectivity index (χ1) is 12.4. The van der Waals surface area contributed by atoms with Crippen LogP contribution < -0.4 is 25.2 Å². The van der Waals surface area contributed by atoms with Crippen LogP contribution in [0.3, 0.4) is 0 Å². The van der Waals surface area contributed by atoms with Crippen molar-refractivity contribution in [1.82, 2.24) is 5.32 Å². The highest BCUT2D eigenvalue weighted by Crippen LogP contribution is 2.43. The van der Waals surface area contributed by atoms with Gasteiger partial charge in [-0.1, -0.05) is 13.8 Å². The Hall–Kier alpha value is -2.25. The summed E-state index contributed by atoms with van der Waals surface area (Å²) in [6, 6.07) is 3.13. The molecule has 0 spiro atoms. The minimum absolute atomic E-state index is 0.0892. The highest BCUT2D eigenvalue weighted by Gasteiger charge is 2.20. The number of rotatable bonds is 9. The maximum Gasteiger partial charge on any atom is 0.336 e. The fourth-order valence-electron chi connectivity index (χ4n) is 2.65. The van der Waals surface area contributed by atoms with Crippen molar-refractivity contribution in [2.75, 3.05) is 33.9 Å². The van der Waals surface area contributed by atoms with Gasteiger partial charge in [0.05, 0.1) is 14.2 Å². The fourth-order valence-corrected chi connectivity index (χ4v) is 2.65. The van der Waals surface area contributed by atoms with Crippen LogP contribution in [-0.4, -0.2) is 45.1 Å². The van der Waals surface area contributed by atoms with Crippen LogP contribution in [0.4, 0.5) is 0 Å². The lowest BCUT2D eigenvalue weighted by Gasteiger charge is -2.18. The van der Waals surface area contributed by atoms with E-state index in [4.69, 9.17) is 18.6 Å². The standard InChI is InChI=1S/C19H27NO6/c1-11(2)8-20-9-13(21)10-25-15-7-14-12(3)6-16(22)26-17(14)19(24-5)18(15)23-4/h6-7,11,13,20-21H,8-10H2,1-5H3. The van der Waals surface area contributed by atoms with E-state index in [2.05, 4.69) is 19.2 Å². The Kier molecular flexibility index (Phi) is 6.88. The molecule has 0 radical (unpaired) electrons. The van der Waals surface area contributed by atoms with Gasteiger partial charge in [-0.25, -0.2) is 4.79 Å². The van der Waals surface area contributed by atoms with Crippen molar-refractivity contribution in [3.8, 4) is 17.2 Å². The molecule has 7 nitrogen and oxygen atoms in total. The zero-order valence-corrected chi connectivity index (χ0v) is 15.9. The Balaban J connectivity index is 2.28. The van der Waals surface area contributed by atoms with Crippen molar-refractivity contribution in [3.05, 3.63) is 28.1 Å². The lowest BCUT2D eigenvalue weighted by molar-refractivity contribution is 0.104. The van der Waals surface area contributed by atoms with E-state index in [-0.39, 0.29) is 12.4 Å². The maximum absolute atomic E-state index is 11.7. The molecule has 0 saturated heterocycles. The van der Waals surface area contributed by atoms with Gasteiger partial charge in [-0.05, 0) is 31.0 Å². The molecule has 0 fully saturated rings. The van der Waals surface area contributed by atoms with Crippen LogP contribution in [0.1, 0.15) is 19.4 Å². The van der Waals surface area contributed by atoms with E-state index in [1.807, 2.05) is 0 Å². The molecule has 1 atom stereocenters. The van der Waals surface area contributed by atoms with Gasteiger partial charge in [0.25, 0.3) is 0 Å². The van der Waals surface area contributed by atoms with E-state index in [1.54, 1.807) is 13.0 Å². The van der Waals surface area contributed by atoms with Crippen LogP contribution in [-0.2, 0) is 0 Å². The van der Waals surface area contributed by atoms with Gasteiger partial charge in [0.1, 0.15) is 12.7 Å². The third-order valence-electron chi connectivity index (χ3n) is 3.89. The van der Waals surface area contributed by atoms with Crippen LogP contribution >= 0.6 is 0 Å². The largest absolute Gasteiger partial charge is 0.490 e. The molecular weight excluding hydrogens is 338 g/mol. The van der Waals surface area contributed by atoms with Gasteiger partial charge in [-0.15, -0.1) is 0 Å². The van der Waals surface area contributed by atoms with E-state index < -0.39 is 11.7 Å². The second kappa shape index (κ2) is 8.91. The molecular formula is C19H27NO6. The maximum atomic E-state index is 11.7. The molecule has 0 aliphatic rings. The van der Waals surface area contributed by atoms with Gasteiger partial charge in [0.2, 0.25) is 11.5 Å². The van der Waals surface area contributed by atoms with Gasteiger partial charge in [-0.2, -0.15) is 0 Å². The normalized spacial score (nSPS) is 12.4. The van der Waals surface area contributed by atoms with Gasteiger partial charge in [-0.3, -0.25) is 0 Å². The summed E-state index contributed by atoms with van der Waals surface area (Å²) in [6.45, 7) is 7.35. The predicted octanol–water partition coefficient (Wildman–Crippen LogP) is 2.10. The summed E-state index contributed by atoms with van der Waals surface area (Å²) >= 11 is 0. The van der Waals surface area contributed by atoms with Crippen LogP contribution in [0.15, 0.2) is 21.3 Å². The SMILES string of the molecule is COc1c(OCC(O)CNCC(C)C)cc2c(C)cc(=O)oc2c1OC. The van der Waals surface area contributed by atoms with Crippen molar-refractivity contribution in [3.63, 3.8) is 0 Å². The summed E-state index contributed by atoms with van der Waals surface area (Å²) in [6.07, 6.45) is -0.671. The first-order valence-corrected chi connectivity index (χ1v) is 8.58. The number of aliphatic hydroxyl groups is 1. The molecule has 0 aliphatic heterocycles. The molecule has 144 valence electrons. The number of hydrogen-bond donors (Lipinski definition) is 2. The molecule has 1 aromatic heterocycles. The number of fused-ring (bicyclic) bond motifs is 1. The van der Waals surface area contributed by atoms with Crippen LogP contribution in [0.5, 0.6) is 17.2 Å². The average Bonchev–Trinajstić information content (AvgIpc) is 2.58. The van der Waals surface area contributed by atoms with Gasteiger partial charge >= 0.3 is 5.63 Å². The summed E-state index contributed by atoms with van der Waals surface area (Å²) in [5.74, 6) is 1.52. The average molecular weight is 365 g/mol. The fraction of sp³-hybridized carbons (Fsp3) is 0.526. The molecule has 0 amide bonds. The molecule has 26 heavy (non-hydrogen) atoms. The number of nitrogens with one attached hydrogen (secondary N) is 1. The van der Waals surface area contributed by atoms with Gasteiger partial charge in [0, 0.05) is 18.0 Å². The molecule has 7 heteroatoms. The molecule has 0 saturated carbocycles. The smallest absolute Gasteiger partial charge is 0.336 e. The first kappa shape index (κ1) is 20.1. The molecule has 1 aromatic carbocycles. The van der Waals surface area contributed by atoms with E-state index in [1.165, 1.54) is 20.3 Å². The van der Waals surface area contributed by atoms with E-state index in [9.17, 15) is 9.90 Å². The van der Waals surface area contributed by atoms with E-state index in [0.29, 0.717) is 34.9 Å². The Morgan fingerprint density at radius 3 is 2.46 bits per heavy atom. The number of benzene rings is 1. The topological polar surface area (TPSA) is 90.2 Å². The first-order valence-electron chi connectivity index (χ1n) is 8.58.